The average molecular weight is 283 g/mol. The molecular formula is C14H16F3N3. The molecule has 1 aromatic carbocycles. The third kappa shape index (κ3) is 1.90. The first-order valence-corrected chi connectivity index (χ1v) is 6.73. The van der Waals surface area contributed by atoms with Crippen molar-refractivity contribution < 1.29 is 13.2 Å². The highest BCUT2D eigenvalue weighted by Crippen LogP contribution is 2.44. The van der Waals surface area contributed by atoms with Crippen LogP contribution in [-0.4, -0.2) is 29.2 Å². The van der Waals surface area contributed by atoms with E-state index in [0.29, 0.717) is 17.6 Å². The topological polar surface area (TPSA) is 40.7 Å². The number of alkyl halides is 3. The van der Waals surface area contributed by atoms with Crippen molar-refractivity contribution in [2.45, 2.75) is 31.4 Å². The number of hydrogen-bond donors (Lipinski definition) is 2. The van der Waals surface area contributed by atoms with Gasteiger partial charge in [0.1, 0.15) is 11.2 Å². The number of fused-ring (bicyclic) bond motifs is 1. The molecule has 108 valence electrons. The molecule has 3 rings (SSSR count). The standard InChI is InChI=1S/C14H16F3N3/c1-2-9-3-4-10-11(7-9)20-12(19-10)13(14(15,16)17)5-6-18-8-13/h3-4,7,18H,2,5-6,8H2,1H3,(H,19,20). The van der Waals surface area contributed by atoms with Gasteiger partial charge in [-0.15, -0.1) is 0 Å². The summed E-state index contributed by atoms with van der Waals surface area (Å²) >= 11 is 0. The van der Waals surface area contributed by atoms with Crippen LogP contribution in [0.2, 0.25) is 0 Å². The van der Waals surface area contributed by atoms with Gasteiger partial charge in [0.2, 0.25) is 0 Å². The van der Waals surface area contributed by atoms with E-state index in [2.05, 4.69) is 15.3 Å². The van der Waals surface area contributed by atoms with E-state index in [1.54, 1.807) is 6.07 Å². The SMILES string of the molecule is CCc1ccc2nc(C3(C(F)(F)F)CCNC3)[nH]c2c1. The van der Waals surface area contributed by atoms with Crippen molar-refractivity contribution in [3.8, 4) is 0 Å². The van der Waals surface area contributed by atoms with Crippen LogP contribution in [0.15, 0.2) is 18.2 Å². The highest BCUT2D eigenvalue weighted by molar-refractivity contribution is 5.76. The number of imidazole rings is 1. The second kappa shape index (κ2) is 4.48. The Morgan fingerprint density at radius 2 is 2.15 bits per heavy atom. The number of aromatic nitrogens is 2. The smallest absolute Gasteiger partial charge is 0.341 e. The molecule has 0 amide bonds. The molecule has 20 heavy (non-hydrogen) atoms. The molecule has 1 aliphatic rings. The van der Waals surface area contributed by atoms with Crippen LogP contribution in [0.1, 0.15) is 24.7 Å². The third-order valence-corrected chi connectivity index (χ3v) is 4.11. The Bertz CT molecular complexity index is 624. The number of nitrogens with zero attached hydrogens (tertiary/aromatic N) is 1. The molecular weight excluding hydrogens is 267 g/mol. The van der Waals surface area contributed by atoms with Crippen LogP contribution >= 0.6 is 0 Å². The molecule has 1 saturated heterocycles. The minimum absolute atomic E-state index is 0.0248. The lowest BCUT2D eigenvalue weighted by atomic mass is 9.85. The molecule has 2 heterocycles. The summed E-state index contributed by atoms with van der Waals surface area (Å²) in [4.78, 5) is 7.08. The fourth-order valence-corrected chi connectivity index (χ4v) is 2.77. The van der Waals surface area contributed by atoms with E-state index < -0.39 is 11.6 Å². The molecule has 0 radical (unpaired) electrons. The van der Waals surface area contributed by atoms with Gasteiger partial charge in [0.05, 0.1) is 11.0 Å². The molecule has 3 nitrogen and oxygen atoms in total. The first-order valence-electron chi connectivity index (χ1n) is 6.73. The molecule has 1 fully saturated rings. The van der Waals surface area contributed by atoms with Gasteiger partial charge < -0.3 is 10.3 Å². The van der Waals surface area contributed by atoms with Crippen molar-refractivity contribution in [3.05, 3.63) is 29.6 Å². The van der Waals surface area contributed by atoms with Gasteiger partial charge >= 0.3 is 6.18 Å². The third-order valence-electron chi connectivity index (χ3n) is 4.11. The maximum Gasteiger partial charge on any atom is 0.402 e. The second-order valence-electron chi connectivity index (χ2n) is 5.30. The Kier molecular flexibility index (Phi) is 3.01. The van der Waals surface area contributed by atoms with Crippen LogP contribution in [0.5, 0.6) is 0 Å². The average Bonchev–Trinajstić information content (AvgIpc) is 3.04. The highest BCUT2D eigenvalue weighted by Gasteiger charge is 2.59. The van der Waals surface area contributed by atoms with Crippen LogP contribution in [-0.2, 0) is 11.8 Å². The molecule has 1 atom stereocenters. The van der Waals surface area contributed by atoms with E-state index >= 15 is 0 Å². The molecule has 0 spiro atoms. The number of nitrogens with one attached hydrogen (secondary N) is 2. The van der Waals surface area contributed by atoms with Crippen LogP contribution in [0.4, 0.5) is 13.2 Å². The number of aromatic amines is 1. The zero-order valence-electron chi connectivity index (χ0n) is 11.1. The lowest BCUT2D eigenvalue weighted by molar-refractivity contribution is -0.186. The Morgan fingerprint density at radius 3 is 2.75 bits per heavy atom. The van der Waals surface area contributed by atoms with Gasteiger partial charge in [-0.1, -0.05) is 13.0 Å². The Labute approximate surface area is 114 Å². The molecule has 1 unspecified atom stereocenters. The maximum atomic E-state index is 13.5. The van der Waals surface area contributed by atoms with Crippen LogP contribution in [0, 0.1) is 0 Å². The van der Waals surface area contributed by atoms with Crippen molar-refractivity contribution in [3.63, 3.8) is 0 Å². The van der Waals surface area contributed by atoms with E-state index in [4.69, 9.17) is 0 Å². The summed E-state index contributed by atoms with van der Waals surface area (Å²) in [5.41, 5.74) is 0.458. The maximum absolute atomic E-state index is 13.5. The van der Waals surface area contributed by atoms with Gasteiger partial charge in [0, 0.05) is 6.54 Å². The van der Waals surface area contributed by atoms with Crippen molar-refractivity contribution in [1.29, 1.82) is 0 Å². The molecule has 1 aromatic heterocycles. The van der Waals surface area contributed by atoms with Crippen molar-refractivity contribution in [2.24, 2.45) is 0 Å². The summed E-state index contributed by atoms with van der Waals surface area (Å²) in [6, 6.07) is 5.55. The number of H-pyrrole nitrogens is 1. The lowest BCUT2D eigenvalue weighted by Gasteiger charge is -2.28. The summed E-state index contributed by atoms with van der Waals surface area (Å²) in [7, 11) is 0. The van der Waals surface area contributed by atoms with E-state index in [9.17, 15) is 13.2 Å². The van der Waals surface area contributed by atoms with Crippen molar-refractivity contribution in [1.82, 2.24) is 15.3 Å². The van der Waals surface area contributed by atoms with Gasteiger partial charge in [0.25, 0.3) is 0 Å². The molecule has 6 heteroatoms. The number of aryl methyl sites for hydroxylation is 1. The monoisotopic (exact) mass is 283 g/mol. The Morgan fingerprint density at radius 1 is 1.35 bits per heavy atom. The minimum atomic E-state index is -4.31. The van der Waals surface area contributed by atoms with E-state index in [1.807, 2.05) is 19.1 Å². The largest absolute Gasteiger partial charge is 0.402 e. The first-order chi connectivity index (χ1) is 9.46. The predicted molar refractivity (Wildman–Crippen MR) is 70.7 cm³/mol. The number of halogens is 3. The van der Waals surface area contributed by atoms with E-state index in [1.165, 1.54) is 0 Å². The minimum Gasteiger partial charge on any atom is -0.341 e. The number of benzene rings is 1. The van der Waals surface area contributed by atoms with Gasteiger partial charge in [0.15, 0.2) is 0 Å². The summed E-state index contributed by atoms with van der Waals surface area (Å²) in [5, 5.41) is 2.81. The fourth-order valence-electron chi connectivity index (χ4n) is 2.77. The summed E-state index contributed by atoms with van der Waals surface area (Å²) in [5.74, 6) is 0.0262. The zero-order valence-corrected chi connectivity index (χ0v) is 11.1. The van der Waals surface area contributed by atoms with Gasteiger partial charge in [-0.3, -0.25) is 0 Å². The van der Waals surface area contributed by atoms with Gasteiger partial charge in [-0.05, 0) is 37.1 Å². The molecule has 0 saturated carbocycles. The number of hydrogen-bond acceptors (Lipinski definition) is 2. The normalized spacial score (nSPS) is 23.6. The Hall–Kier alpha value is -1.56. The predicted octanol–water partition coefficient (Wildman–Crippen LogP) is 2.92. The van der Waals surface area contributed by atoms with E-state index in [-0.39, 0.29) is 18.8 Å². The zero-order chi connectivity index (χ0) is 14.4. The molecule has 1 aliphatic heterocycles. The molecule has 0 bridgehead atoms. The fraction of sp³-hybridized carbons (Fsp3) is 0.500. The Balaban J connectivity index is 2.12. The van der Waals surface area contributed by atoms with E-state index in [0.717, 1.165) is 12.0 Å². The lowest BCUT2D eigenvalue weighted by Crippen LogP contribution is -2.45. The quantitative estimate of drug-likeness (QED) is 0.889. The first kappa shape index (κ1) is 13.4. The van der Waals surface area contributed by atoms with Gasteiger partial charge in [-0.2, -0.15) is 13.2 Å². The van der Waals surface area contributed by atoms with Crippen LogP contribution in [0.25, 0.3) is 11.0 Å². The summed E-state index contributed by atoms with van der Waals surface area (Å²) in [6.07, 6.45) is -3.44. The summed E-state index contributed by atoms with van der Waals surface area (Å²) < 4.78 is 40.4. The van der Waals surface area contributed by atoms with Crippen LogP contribution in [0.3, 0.4) is 0 Å². The molecule has 2 N–H and O–H groups in total. The second-order valence-corrected chi connectivity index (χ2v) is 5.30. The molecule has 2 aromatic rings. The summed E-state index contributed by atoms with van der Waals surface area (Å²) in [6.45, 7) is 2.25. The number of rotatable bonds is 2. The van der Waals surface area contributed by atoms with Crippen molar-refractivity contribution in [2.75, 3.05) is 13.1 Å². The van der Waals surface area contributed by atoms with Crippen molar-refractivity contribution >= 4 is 11.0 Å². The van der Waals surface area contributed by atoms with Gasteiger partial charge in [-0.25, -0.2) is 4.98 Å². The highest BCUT2D eigenvalue weighted by atomic mass is 19.4. The molecule has 0 aliphatic carbocycles. The van der Waals surface area contributed by atoms with Crippen LogP contribution < -0.4 is 5.32 Å².